The minimum atomic E-state index is -1.75. The van der Waals surface area contributed by atoms with Gasteiger partial charge < -0.3 is 0 Å². The molecule has 8 heavy (non-hydrogen) atoms. The quantitative estimate of drug-likeness (QED) is 0.536. The standard InChI is InChI=1S/C4H8O3P/c1-3-4(5)7-8(2)6/h3H2,1-2H3/q+1. The van der Waals surface area contributed by atoms with Gasteiger partial charge in [0.2, 0.25) is 0 Å². The first-order valence-electron chi connectivity index (χ1n) is 2.28. The van der Waals surface area contributed by atoms with Crippen LogP contribution < -0.4 is 0 Å². The van der Waals surface area contributed by atoms with Gasteiger partial charge in [0.1, 0.15) is 0 Å². The van der Waals surface area contributed by atoms with Crippen LogP contribution in [0.3, 0.4) is 0 Å². The predicted octanol–water partition coefficient (Wildman–Crippen LogP) is 1.31. The van der Waals surface area contributed by atoms with E-state index in [9.17, 15) is 9.36 Å². The highest BCUT2D eigenvalue weighted by Gasteiger charge is 2.12. The van der Waals surface area contributed by atoms with E-state index in [1.54, 1.807) is 6.92 Å². The largest absolute Gasteiger partial charge is 0.555 e. The van der Waals surface area contributed by atoms with Gasteiger partial charge in [0, 0.05) is 6.42 Å². The molecule has 0 spiro atoms. The van der Waals surface area contributed by atoms with Crippen molar-refractivity contribution < 1.29 is 13.9 Å². The van der Waals surface area contributed by atoms with E-state index in [1.807, 2.05) is 0 Å². The molecule has 1 unspecified atom stereocenters. The van der Waals surface area contributed by atoms with Crippen LogP contribution in [0.1, 0.15) is 13.3 Å². The second kappa shape index (κ2) is 3.56. The number of carbonyl (C=O) groups is 1. The Morgan fingerprint density at radius 3 is 2.38 bits per heavy atom. The number of hydrogen-bond acceptors (Lipinski definition) is 3. The molecular weight excluding hydrogens is 127 g/mol. The lowest BCUT2D eigenvalue weighted by molar-refractivity contribution is -0.133. The third-order valence-electron chi connectivity index (χ3n) is 0.519. The summed E-state index contributed by atoms with van der Waals surface area (Å²) in [4.78, 5) is 10.2. The minimum absolute atomic E-state index is 0.287. The molecule has 0 aliphatic heterocycles. The van der Waals surface area contributed by atoms with Crippen LogP contribution in [-0.2, 0) is 13.9 Å². The zero-order valence-corrected chi connectivity index (χ0v) is 5.77. The molecule has 3 nitrogen and oxygen atoms in total. The molecule has 0 heterocycles. The van der Waals surface area contributed by atoms with E-state index in [1.165, 1.54) is 6.66 Å². The summed E-state index contributed by atoms with van der Waals surface area (Å²) in [6.07, 6.45) is 0.287. The summed E-state index contributed by atoms with van der Waals surface area (Å²) in [5.41, 5.74) is 0. The fourth-order valence-electron chi connectivity index (χ4n) is 0.208. The SMILES string of the molecule is CCC(=O)O[P+](C)=O. The topological polar surface area (TPSA) is 43.4 Å². The Morgan fingerprint density at radius 2 is 2.25 bits per heavy atom. The molecule has 0 amide bonds. The summed E-state index contributed by atoms with van der Waals surface area (Å²) < 4.78 is 14.4. The molecule has 1 atom stereocenters. The lowest BCUT2D eigenvalue weighted by Crippen LogP contribution is -1.93. The van der Waals surface area contributed by atoms with Gasteiger partial charge in [-0.15, -0.1) is 0 Å². The summed E-state index contributed by atoms with van der Waals surface area (Å²) in [5, 5.41) is 0. The predicted molar refractivity (Wildman–Crippen MR) is 29.9 cm³/mol. The second-order valence-corrected chi connectivity index (χ2v) is 2.32. The first-order valence-corrected chi connectivity index (χ1v) is 3.91. The molecule has 0 aromatic rings. The fraction of sp³-hybridized carbons (Fsp3) is 0.750. The van der Waals surface area contributed by atoms with Crippen LogP contribution in [0.15, 0.2) is 0 Å². The molecule has 0 rings (SSSR count). The van der Waals surface area contributed by atoms with E-state index in [0.717, 1.165) is 0 Å². The highest BCUT2D eigenvalue weighted by Crippen LogP contribution is 2.15. The fourth-order valence-corrected chi connectivity index (χ4v) is 0.624. The average Bonchev–Trinajstić information content (AvgIpc) is 1.65. The molecule has 0 saturated heterocycles. The van der Waals surface area contributed by atoms with E-state index in [0.29, 0.717) is 0 Å². The molecule has 0 radical (unpaired) electrons. The molecule has 0 aliphatic rings. The Labute approximate surface area is 48.9 Å². The van der Waals surface area contributed by atoms with Crippen LogP contribution in [0.2, 0.25) is 0 Å². The number of hydrogen-bond donors (Lipinski definition) is 0. The normalized spacial score (nSPS) is 10.5. The molecule has 0 fully saturated rings. The highest BCUT2D eigenvalue weighted by atomic mass is 31.1. The summed E-state index contributed by atoms with van der Waals surface area (Å²) in [5.74, 6) is -0.409. The number of rotatable bonds is 2. The maximum absolute atomic E-state index is 10.2. The van der Waals surface area contributed by atoms with E-state index in [2.05, 4.69) is 4.52 Å². The molecule has 0 aliphatic carbocycles. The van der Waals surface area contributed by atoms with Gasteiger partial charge in [0.25, 0.3) is 0 Å². The lowest BCUT2D eigenvalue weighted by Gasteiger charge is -1.80. The van der Waals surface area contributed by atoms with Crippen molar-refractivity contribution in [3.8, 4) is 0 Å². The summed E-state index contributed by atoms with van der Waals surface area (Å²) >= 11 is 0. The van der Waals surface area contributed by atoms with Crippen molar-refractivity contribution in [2.45, 2.75) is 13.3 Å². The zero-order valence-electron chi connectivity index (χ0n) is 4.88. The van der Waals surface area contributed by atoms with Gasteiger partial charge in [-0.05, 0) is 4.57 Å². The monoisotopic (exact) mass is 135 g/mol. The Bertz CT molecular complexity index is 110. The van der Waals surface area contributed by atoms with Crippen molar-refractivity contribution in [1.82, 2.24) is 0 Å². The van der Waals surface area contributed by atoms with Gasteiger partial charge in [-0.2, -0.15) is 0 Å². The van der Waals surface area contributed by atoms with Crippen LogP contribution in [-0.4, -0.2) is 12.6 Å². The average molecular weight is 135 g/mol. The molecular formula is C4H8O3P+. The van der Waals surface area contributed by atoms with Crippen molar-refractivity contribution in [2.75, 3.05) is 6.66 Å². The van der Waals surface area contributed by atoms with Gasteiger partial charge in [-0.25, -0.2) is 9.32 Å². The van der Waals surface area contributed by atoms with Crippen LogP contribution in [0.25, 0.3) is 0 Å². The van der Waals surface area contributed by atoms with Gasteiger partial charge in [0.15, 0.2) is 6.66 Å². The Hall–Kier alpha value is -0.430. The molecule has 4 heteroatoms. The van der Waals surface area contributed by atoms with Crippen LogP contribution in [0, 0.1) is 0 Å². The van der Waals surface area contributed by atoms with Gasteiger partial charge in [-0.3, -0.25) is 0 Å². The van der Waals surface area contributed by atoms with E-state index < -0.39 is 14.0 Å². The van der Waals surface area contributed by atoms with Gasteiger partial charge in [-0.1, -0.05) is 6.92 Å². The van der Waals surface area contributed by atoms with Crippen molar-refractivity contribution in [2.24, 2.45) is 0 Å². The van der Waals surface area contributed by atoms with E-state index in [4.69, 9.17) is 0 Å². The van der Waals surface area contributed by atoms with Crippen molar-refractivity contribution in [3.05, 3.63) is 0 Å². The lowest BCUT2D eigenvalue weighted by atomic mass is 10.5. The molecule has 0 aromatic heterocycles. The van der Waals surface area contributed by atoms with Crippen molar-refractivity contribution in [3.63, 3.8) is 0 Å². The second-order valence-electron chi connectivity index (χ2n) is 1.26. The van der Waals surface area contributed by atoms with Gasteiger partial charge in [0.05, 0.1) is 0 Å². The number of carbonyl (C=O) groups excluding carboxylic acids is 1. The first kappa shape index (κ1) is 7.57. The molecule has 0 N–H and O–H groups in total. The summed E-state index contributed by atoms with van der Waals surface area (Å²) in [7, 11) is -1.75. The third-order valence-corrected chi connectivity index (χ3v) is 0.980. The Balaban J connectivity index is 3.40. The Kier molecular flexibility index (Phi) is 3.37. The van der Waals surface area contributed by atoms with Crippen LogP contribution >= 0.6 is 8.03 Å². The van der Waals surface area contributed by atoms with E-state index >= 15 is 0 Å². The maximum atomic E-state index is 10.2. The Morgan fingerprint density at radius 1 is 1.75 bits per heavy atom. The third kappa shape index (κ3) is 3.75. The van der Waals surface area contributed by atoms with Gasteiger partial charge >= 0.3 is 14.0 Å². The van der Waals surface area contributed by atoms with Crippen LogP contribution in [0.4, 0.5) is 0 Å². The zero-order chi connectivity index (χ0) is 6.57. The molecule has 0 bridgehead atoms. The summed E-state index contributed by atoms with van der Waals surface area (Å²) in [6, 6.07) is 0. The molecule has 46 valence electrons. The van der Waals surface area contributed by atoms with Crippen molar-refractivity contribution >= 4 is 14.0 Å². The smallest absolute Gasteiger partial charge is 0.247 e. The highest BCUT2D eigenvalue weighted by molar-refractivity contribution is 7.38. The molecule has 0 aromatic carbocycles. The maximum Gasteiger partial charge on any atom is 0.555 e. The van der Waals surface area contributed by atoms with E-state index in [-0.39, 0.29) is 6.42 Å². The van der Waals surface area contributed by atoms with Crippen molar-refractivity contribution in [1.29, 1.82) is 0 Å². The first-order chi connectivity index (χ1) is 3.66. The van der Waals surface area contributed by atoms with Crippen LogP contribution in [0.5, 0.6) is 0 Å². The summed E-state index contributed by atoms with van der Waals surface area (Å²) in [6.45, 7) is 3.00. The minimum Gasteiger partial charge on any atom is -0.247 e. The molecule has 0 saturated carbocycles.